The molecule has 0 saturated carbocycles. The second kappa shape index (κ2) is 11.7. The largest absolute Gasteiger partial charge is 0.496 e. The van der Waals surface area contributed by atoms with E-state index in [2.05, 4.69) is 11.4 Å². The van der Waals surface area contributed by atoms with Crippen LogP contribution < -0.4 is 15.7 Å². The maximum Gasteiger partial charge on any atom is 0.328 e. The summed E-state index contributed by atoms with van der Waals surface area (Å²) in [7, 11) is 5.19. The molecule has 0 saturated heterocycles. The molecular formula is C24H32ClN3O3. The molecule has 168 valence electrons. The van der Waals surface area contributed by atoms with Gasteiger partial charge in [-0.05, 0) is 68.6 Å². The maximum atomic E-state index is 12.5. The van der Waals surface area contributed by atoms with Crippen LogP contribution in [0.2, 0.25) is 0 Å². The van der Waals surface area contributed by atoms with Gasteiger partial charge in [-0.25, -0.2) is 4.79 Å². The molecule has 0 unspecified atom stereocenters. The number of para-hydroxylation sites is 1. The maximum absolute atomic E-state index is 12.5. The fraction of sp³-hybridized carbons (Fsp3) is 0.417. The highest BCUT2D eigenvalue weighted by molar-refractivity contribution is 5.99. The van der Waals surface area contributed by atoms with Gasteiger partial charge in [-0.2, -0.15) is 0 Å². The number of carbonyl (C=O) groups excluding carboxylic acids is 1. The lowest BCUT2D eigenvalue weighted by Gasteiger charge is -2.08. The number of methoxy groups -OCH3 is 1. The molecule has 0 amide bonds. The number of carbonyl (C=O) groups is 1. The van der Waals surface area contributed by atoms with Crippen molar-refractivity contribution >= 4 is 29.2 Å². The number of nitrogens with zero attached hydrogens (tertiary/aromatic N) is 2. The number of Topliss-reactive ketones (excluding diaryl/α,β-unsaturated/α-hetero) is 1. The van der Waals surface area contributed by atoms with E-state index in [-0.39, 0.29) is 23.9 Å². The normalized spacial score (nSPS) is 10.8. The number of rotatable bonds is 11. The summed E-state index contributed by atoms with van der Waals surface area (Å²) in [6, 6.07) is 13.6. The van der Waals surface area contributed by atoms with Crippen LogP contribution in [0.15, 0.2) is 47.3 Å². The van der Waals surface area contributed by atoms with Gasteiger partial charge >= 0.3 is 5.69 Å². The van der Waals surface area contributed by atoms with Gasteiger partial charge in [0.15, 0.2) is 5.78 Å². The molecule has 3 aromatic rings. The first-order valence-corrected chi connectivity index (χ1v) is 10.5. The summed E-state index contributed by atoms with van der Waals surface area (Å²) in [5, 5.41) is 3.45. The number of benzene rings is 2. The van der Waals surface area contributed by atoms with Crippen molar-refractivity contribution in [3.63, 3.8) is 0 Å². The number of ether oxygens (including phenoxy) is 1. The lowest BCUT2D eigenvalue weighted by atomic mass is 10.0. The van der Waals surface area contributed by atoms with Crippen molar-refractivity contribution in [1.82, 2.24) is 14.5 Å². The minimum atomic E-state index is -0.0774. The molecule has 0 radical (unpaired) electrons. The Morgan fingerprint density at radius 3 is 2.45 bits per heavy atom. The van der Waals surface area contributed by atoms with Crippen LogP contribution in [0.4, 0.5) is 0 Å². The number of halogens is 1. The van der Waals surface area contributed by atoms with E-state index >= 15 is 0 Å². The van der Waals surface area contributed by atoms with Crippen molar-refractivity contribution in [1.29, 1.82) is 0 Å². The first-order chi connectivity index (χ1) is 14.5. The molecule has 0 aliphatic carbocycles. The Hall–Kier alpha value is -2.57. The van der Waals surface area contributed by atoms with E-state index in [1.807, 2.05) is 36.4 Å². The monoisotopic (exact) mass is 445 g/mol. The van der Waals surface area contributed by atoms with Crippen molar-refractivity contribution in [2.45, 2.75) is 32.1 Å². The number of hydrogen-bond acceptors (Lipinski definition) is 4. The molecule has 0 aliphatic heterocycles. The van der Waals surface area contributed by atoms with Gasteiger partial charge in [0.2, 0.25) is 0 Å². The smallest absolute Gasteiger partial charge is 0.328 e. The van der Waals surface area contributed by atoms with Crippen LogP contribution >= 0.6 is 12.4 Å². The average molecular weight is 446 g/mol. The van der Waals surface area contributed by atoms with E-state index in [9.17, 15) is 9.59 Å². The number of aromatic nitrogens is 2. The second-order valence-corrected chi connectivity index (χ2v) is 7.65. The van der Waals surface area contributed by atoms with Gasteiger partial charge in [0.05, 0.1) is 18.1 Å². The van der Waals surface area contributed by atoms with Crippen molar-refractivity contribution in [3.05, 3.63) is 64.1 Å². The quantitative estimate of drug-likeness (QED) is 0.359. The Morgan fingerprint density at radius 1 is 0.968 bits per heavy atom. The lowest BCUT2D eigenvalue weighted by Crippen LogP contribution is -2.19. The van der Waals surface area contributed by atoms with Crippen LogP contribution in [0.5, 0.6) is 5.75 Å². The molecule has 0 spiro atoms. The highest BCUT2D eigenvalue weighted by Gasteiger charge is 2.11. The summed E-state index contributed by atoms with van der Waals surface area (Å²) in [5.74, 6) is 1.08. The molecule has 0 atom stereocenters. The standard InChI is InChI=1S/C24H31N3O3.ClH/c1-26-20-14-13-19(17-21(20)27(2)24(26)29)22(28)11-6-7-15-25-16-8-10-18-9-4-5-12-23(18)30-3;/h4-5,9,12-14,17,25H,6-8,10-11,15-16H2,1-3H3;1H. The zero-order valence-corrected chi connectivity index (χ0v) is 19.3. The highest BCUT2D eigenvalue weighted by Crippen LogP contribution is 2.18. The van der Waals surface area contributed by atoms with Crippen LogP contribution in [0.1, 0.15) is 41.6 Å². The molecule has 1 aromatic heterocycles. The van der Waals surface area contributed by atoms with E-state index in [0.717, 1.165) is 55.6 Å². The number of imidazole rings is 1. The minimum Gasteiger partial charge on any atom is -0.496 e. The summed E-state index contributed by atoms with van der Waals surface area (Å²) in [5.41, 5.74) is 3.47. The van der Waals surface area contributed by atoms with E-state index in [4.69, 9.17) is 4.74 Å². The predicted octanol–water partition coefficient (Wildman–Crippen LogP) is 3.88. The number of ketones is 1. The van der Waals surface area contributed by atoms with Crippen molar-refractivity contribution in [2.24, 2.45) is 14.1 Å². The first-order valence-electron chi connectivity index (χ1n) is 10.5. The minimum absolute atomic E-state index is 0. The molecule has 0 bridgehead atoms. The SMILES string of the molecule is COc1ccccc1CCCNCCCCC(=O)c1ccc2c(c1)n(C)c(=O)n2C.Cl. The van der Waals surface area contributed by atoms with E-state index in [0.29, 0.717) is 12.0 Å². The highest BCUT2D eigenvalue weighted by atomic mass is 35.5. The Labute approximate surface area is 189 Å². The van der Waals surface area contributed by atoms with Crippen LogP contribution in [0.3, 0.4) is 0 Å². The Kier molecular flexibility index (Phi) is 9.34. The fourth-order valence-corrected chi connectivity index (χ4v) is 3.80. The zero-order valence-electron chi connectivity index (χ0n) is 18.5. The molecule has 1 heterocycles. The van der Waals surface area contributed by atoms with Gasteiger partial charge in [0.25, 0.3) is 0 Å². The summed E-state index contributed by atoms with van der Waals surface area (Å²) in [6.07, 6.45) is 4.38. The molecule has 1 N–H and O–H groups in total. The van der Waals surface area contributed by atoms with Crippen LogP contribution in [0.25, 0.3) is 11.0 Å². The number of fused-ring (bicyclic) bond motifs is 1. The van der Waals surface area contributed by atoms with Gasteiger partial charge in [0.1, 0.15) is 5.75 Å². The topological polar surface area (TPSA) is 65.3 Å². The van der Waals surface area contributed by atoms with Crippen LogP contribution in [-0.2, 0) is 20.5 Å². The Morgan fingerprint density at radius 2 is 1.68 bits per heavy atom. The van der Waals surface area contributed by atoms with E-state index in [1.54, 1.807) is 30.3 Å². The molecule has 0 aliphatic rings. The average Bonchev–Trinajstić information content (AvgIpc) is 2.99. The number of nitrogens with one attached hydrogen (secondary N) is 1. The van der Waals surface area contributed by atoms with E-state index < -0.39 is 0 Å². The van der Waals surface area contributed by atoms with Crippen molar-refractivity contribution in [2.75, 3.05) is 20.2 Å². The van der Waals surface area contributed by atoms with Crippen LogP contribution in [0, 0.1) is 0 Å². The lowest BCUT2D eigenvalue weighted by molar-refractivity contribution is 0.0979. The summed E-state index contributed by atoms with van der Waals surface area (Å²) in [4.78, 5) is 24.5. The van der Waals surface area contributed by atoms with Gasteiger partial charge in [-0.15, -0.1) is 12.4 Å². The van der Waals surface area contributed by atoms with Crippen molar-refractivity contribution < 1.29 is 9.53 Å². The van der Waals surface area contributed by atoms with Gasteiger partial charge in [0, 0.05) is 26.1 Å². The molecule has 0 fully saturated rings. The number of hydrogen-bond donors (Lipinski definition) is 1. The third-order valence-electron chi connectivity index (χ3n) is 5.59. The summed E-state index contributed by atoms with van der Waals surface area (Å²) in [6.45, 7) is 1.86. The van der Waals surface area contributed by atoms with Gasteiger partial charge in [-0.1, -0.05) is 18.2 Å². The zero-order chi connectivity index (χ0) is 21.5. The van der Waals surface area contributed by atoms with Gasteiger partial charge in [-0.3, -0.25) is 13.9 Å². The first kappa shape index (κ1) is 24.7. The number of unbranched alkanes of at least 4 members (excludes halogenated alkanes) is 1. The molecule has 31 heavy (non-hydrogen) atoms. The summed E-state index contributed by atoms with van der Waals surface area (Å²) < 4.78 is 8.57. The predicted molar refractivity (Wildman–Crippen MR) is 128 cm³/mol. The fourth-order valence-electron chi connectivity index (χ4n) is 3.80. The third kappa shape index (κ3) is 5.99. The second-order valence-electron chi connectivity index (χ2n) is 7.65. The molecule has 6 nitrogen and oxygen atoms in total. The third-order valence-corrected chi connectivity index (χ3v) is 5.59. The molecule has 2 aromatic carbocycles. The van der Waals surface area contributed by atoms with Crippen LogP contribution in [-0.4, -0.2) is 35.1 Å². The molecule has 7 heteroatoms. The summed E-state index contributed by atoms with van der Waals surface area (Å²) >= 11 is 0. The molecular weight excluding hydrogens is 414 g/mol. The molecule has 3 rings (SSSR count). The van der Waals surface area contributed by atoms with E-state index in [1.165, 1.54) is 5.56 Å². The number of aryl methyl sites for hydroxylation is 3. The Bertz CT molecular complexity index is 1070. The van der Waals surface area contributed by atoms with Gasteiger partial charge < -0.3 is 10.1 Å². The van der Waals surface area contributed by atoms with Crippen molar-refractivity contribution in [3.8, 4) is 5.75 Å². The Balaban J connectivity index is 0.00000341.